The summed E-state index contributed by atoms with van der Waals surface area (Å²) >= 11 is 6.10. The third-order valence-corrected chi connectivity index (χ3v) is 4.19. The molecule has 0 fully saturated rings. The number of aromatic nitrogens is 2. The quantitative estimate of drug-likeness (QED) is 0.406. The van der Waals surface area contributed by atoms with Crippen LogP contribution in [0.15, 0.2) is 48.8 Å². The van der Waals surface area contributed by atoms with Crippen molar-refractivity contribution < 1.29 is 28.6 Å². The number of hydrogen-bond acceptors (Lipinski definition) is 7. The SMILES string of the molecule is CC(C)(C)OC(=O)Nc1cc(Oc2ccc(Nc3ncccc3C(=O)O)cc2F)c(Cl)cn1. The Morgan fingerprint density at radius 2 is 1.88 bits per heavy atom. The van der Waals surface area contributed by atoms with Gasteiger partial charge in [0, 0.05) is 24.0 Å². The van der Waals surface area contributed by atoms with Crippen LogP contribution in [0.5, 0.6) is 11.5 Å². The van der Waals surface area contributed by atoms with Crippen molar-refractivity contribution >= 4 is 41.0 Å². The van der Waals surface area contributed by atoms with Gasteiger partial charge in [-0.15, -0.1) is 0 Å². The van der Waals surface area contributed by atoms with Gasteiger partial charge in [0.05, 0.1) is 6.20 Å². The number of anilines is 3. The van der Waals surface area contributed by atoms with Crippen molar-refractivity contribution in [2.45, 2.75) is 26.4 Å². The molecule has 3 N–H and O–H groups in total. The summed E-state index contributed by atoms with van der Waals surface area (Å²) in [6, 6.07) is 8.11. The second-order valence-corrected chi connectivity index (χ2v) is 8.11. The predicted molar refractivity (Wildman–Crippen MR) is 120 cm³/mol. The van der Waals surface area contributed by atoms with E-state index in [9.17, 15) is 19.1 Å². The average Bonchev–Trinajstić information content (AvgIpc) is 2.71. The van der Waals surface area contributed by atoms with Crippen LogP contribution >= 0.6 is 11.6 Å². The van der Waals surface area contributed by atoms with E-state index < -0.39 is 23.5 Å². The largest absolute Gasteiger partial charge is 0.478 e. The molecular formula is C22H20ClFN4O5. The van der Waals surface area contributed by atoms with Crippen molar-refractivity contribution in [2.75, 3.05) is 10.6 Å². The predicted octanol–water partition coefficient (Wildman–Crippen LogP) is 5.85. The van der Waals surface area contributed by atoms with Crippen molar-refractivity contribution in [1.29, 1.82) is 0 Å². The first-order valence-electron chi connectivity index (χ1n) is 9.60. The summed E-state index contributed by atoms with van der Waals surface area (Å²) in [4.78, 5) is 31.2. The van der Waals surface area contributed by atoms with Crippen molar-refractivity contribution in [1.82, 2.24) is 9.97 Å². The maximum absolute atomic E-state index is 14.7. The van der Waals surface area contributed by atoms with Gasteiger partial charge < -0.3 is 19.9 Å². The summed E-state index contributed by atoms with van der Waals surface area (Å²) in [5.74, 6) is -1.87. The van der Waals surface area contributed by atoms with Crippen LogP contribution < -0.4 is 15.4 Å². The Hall–Kier alpha value is -3.92. The highest BCUT2D eigenvalue weighted by Gasteiger charge is 2.18. The Labute approximate surface area is 193 Å². The molecule has 0 spiro atoms. The Bertz CT molecular complexity index is 1200. The van der Waals surface area contributed by atoms with Gasteiger partial charge in [-0.05, 0) is 45.0 Å². The number of amides is 1. The number of nitrogens with zero attached hydrogens (tertiary/aromatic N) is 2. The highest BCUT2D eigenvalue weighted by Crippen LogP contribution is 2.33. The van der Waals surface area contributed by atoms with Crippen LogP contribution in [0.2, 0.25) is 5.02 Å². The number of ether oxygens (including phenoxy) is 2. The van der Waals surface area contributed by atoms with E-state index in [2.05, 4.69) is 20.6 Å². The van der Waals surface area contributed by atoms with Crippen LogP contribution in [0, 0.1) is 5.82 Å². The molecule has 172 valence electrons. The molecule has 11 heteroatoms. The lowest BCUT2D eigenvalue weighted by atomic mass is 10.2. The van der Waals surface area contributed by atoms with Crippen LogP contribution in [0.25, 0.3) is 0 Å². The first-order chi connectivity index (χ1) is 15.5. The number of nitrogens with one attached hydrogen (secondary N) is 2. The minimum Gasteiger partial charge on any atom is -0.478 e. The molecule has 0 aliphatic rings. The van der Waals surface area contributed by atoms with Gasteiger partial charge in [0.1, 0.15) is 27.8 Å². The summed E-state index contributed by atoms with van der Waals surface area (Å²) in [5.41, 5.74) is -0.504. The Balaban J connectivity index is 1.76. The number of pyridine rings is 2. The van der Waals surface area contributed by atoms with Gasteiger partial charge >= 0.3 is 12.1 Å². The Morgan fingerprint density at radius 1 is 1.12 bits per heavy atom. The van der Waals surface area contributed by atoms with Gasteiger partial charge in [-0.1, -0.05) is 11.6 Å². The Kier molecular flexibility index (Phi) is 6.98. The molecule has 0 aliphatic heterocycles. The normalized spacial score (nSPS) is 10.9. The van der Waals surface area contributed by atoms with Gasteiger partial charge in [-0.3, -0.25) is 5.32 Å². The molecule has 0 saturated heterocycles. The minimum absolute atomic E-state index is 0.0511. The molecule has 0 atom stereocenters. The molecule has 0 unspecified atom stereocenters. The maximum Gasteiger partial charge on any atom is 0.413 e. The van der Waals surface area contributed by atoms with E-state index in [1.54, 1.807) is 20.8 Å². The third kappa shape index (κ3) is 6.53. The van der Waals surface area contributed by atoms with Gasteiger partial charge in [-0.25, -0.2) is 23.9 Å². The topological polar surface area (TPSA) is 123 Å². The van der Waals surface area contributed by atoms with Gasteiger partial charge in [0.25, 0.3) is 0 Å². The standard InChI is InChI=1S/C22H20ClFN4O5/c1-22(2,3)33-21(31)28-18-10-17(14(23)11-26-18)32-16-7-6-12(9-15(16)24)27-19-13(20(29)30)5-4-8-25-19/h4-11H,1-3H3,(H,25,27)(H,29,30)(H,26,28,31). The smallest absolute Gasteiger partial charge is 0.413 e. The number of hydrogen-bond donors (Lipinski definition) is 3. The molecule has 33 heavy (non-hydrogen) atoms. The lowest BCUT2D eigenvalue weighted by molar-refractivity contribution is 0.0633. The Morgan fingerprint density at radius 3 is 2.55 bits per heavy atom. The summed E-state index contributed by atoms with van der Waals surface area (Å²) in [6.45, 7) is 5.15. The molecule has 9 nitrogen and oxygen atoms in total. The van der Waals surface area contributed by atoms with Crippen molar-refractivity contribution in [3.63, 3.8) is 0 Å². The number of aromatic carboxylic acids is 1. The fourth-order valence-electron chi connectivity index (χ4n) is 2.57. The van der Waals surface area contributed by atoms with Crippen LogP contribution in [-0.4, -0.2) is 32.7 Å². The number of carbonyl (C=O) groups excluding carboxylic acids is 1. The number of carbonyl (C=O) groups is 2. The maximum atomic E-state index is 14.7. The van der Waals surface area contributed by atoms with Gasteiger partial charge in [0.2, 0.25) is 0 Å². The monoisotopic (exact) mass is 474 g/mol. The highest BCUT2D eigenvalue weighted by molar-refractivity contribution is 6.32. The lowest BCUT2D eigenvalue weighted by Gasteiger charge is -2.19. The molecule has 3 rings (SSSR count). The molecule has 1 amide bonds. The molecule has 0 aliphatic carbocycles. The average molecular weight is 475 g/mol. The zero-order valence-corrected chi connectivity index (χ0v) is 18.6. The van der Waals surface area contributed by atoms with Crippen LogP contribution in [0.1, 0.15) is 31.1 Å². The van der Waals surface area contributed by atoms with E-state index in [1.165, 1.54) is 42.7 Å². The summed E-state index contributed by atoms with van der Waals surface area (Å²) in [6.07, 6.45) is 1.93. The lowest BCUT2D eigenvalue weighted by Crippen LogP contribution is -2.27. The number of carboxylic acids is 1. The number of carboxylic acid groups (broad SMARTS) is 1. The van der Waals surface area contributed by atoms with E-state index >= 15 is 0 Å². The fourth-order valence-corrected chi connectivity index (χ4v) is 2.71. The number of benzene rings is 1. The molecule has 1 aromatic carbocycles. The summed E-state index contributed by atoms with van der Waals surface area (Å²) < 4.78 is 25.4. The molecule has 0 bridgehead atoms. The van der Waals surface area contributed by atoms with E-state index in [0.29, 0.717) is 0 Å². The fraction of sp³-hybridized carbons (Fsp3) is 0.182. The molecular weight excluding hydrogens is 455 g/mol. The van der Waals surface area contributed by atoms with Crippen molar-refractivity contribution in [3.05, 3.63) is 65.2 Å². The number of rotatable bonds is 6. The van der Waals surface area contributed by atoms with E-state index in [-0.39, 0.29) is 39.4 Å². The minimum atomic E-state index is -1.17. The van der Waals surface area contributed by atoms with Crippen LogP contribution in [-0.2, 0) is 4.74 Å². The van der Waals surface area contributed by atoms with Crippen molar-refractivity contribution in [2.24, 2.45) is 0 Å². The summed E-state index contributed by atoms with van der Waals surface area (Å²) in [5, 5.41) is 14.5. The first-order valence-corrected chi connectivity index (χ1v) is 9.98. The molecule has 2 heterocycles. The number of halogens is 2. The van der Waals surface area contributed by atoms with Crippen LogP contribution in [0.4, 0.5) is 26.5 Å². The molecule has 2 aromatic heterocycles. The highest BCUT2D eigenvalue weighted by atomic mass is 35.5. The zero-order valence-electron chi connectivity index (χ0n) is 17.8. The van der Waals surface area contributed by atoms with Gasteiger partial charge in [0.15, 0.2) is 17.3 Å². The molecule has 3 aromatic rings. The second-order valence-electron chi connectivity index (χ2n) is 7.70. The summed E-state index contributed by atoms with van der Waals surface area (Å²) in [7, 11) is 0. The molecule has 0 saturated carbocycles. The van der Waals surface area contributed by atoms with Crippen LogP contribution in [0.3, 0.4) is 0 Å². The van der Waals surface area contributed by atoms with Crippen molar-refractivity contribution in [3.8, 4) is 11.5 Å². The van der Waals surface area contributed by atoms with E-state index in [1.807, 2.05) is 0 Å². The molecule has 0 radical (unpaired) electrons. The third-order valence-electron chi connectivity index (χ3n) is 3.90. The first kappa shape index (κ1) is 23.7. The second kappa shape index (κ2) is 9.70. The van der Waals surface area contributed by atoms with E-state index in [0.717, 1.165) is 6.07 Å². The van der Waals surface area contributed by atoms with E-state index in [4.69, 9.17) is 21.1 Å². The van der Waals surface area contributed by atoms with Gasteiger partial charge in [-0.2, -0.15) is 0 Å². The zero-order chi connectivity index (χ0) is 24.2.